The summed E-state index contributed by atoms with van der Waals surface area (Å²) in [6, 6.07) is 6.15. The molecule has 0 saturated heterocycles. The summed E-state index contributed by atoms with van der Waals surface area (Å²) in [7, 11) is 1.06. The molecule has 1 nitrogen and oxygen atoms in total. The third-order valence-corrected chi connectivity index (χ3v) is 2.55. The zero-order chi connectivity index (χ0) is 11.7. The van der Waals surface area contributed by atoms with Gasteiger partial charge in [-0.2, -0.15) is 13.2 Å². The zero-order valence-corrected chi connectivity index (χ0v) is 8.85. The van der Waals surface area contributed by atoms with Crippen LogP contribution in [0.4, 0.5) is 13.2 Å². The summed E-state index contributed by atoms with van der Waals surface area (Å²) in [5.74, 6) is 0. The summed E-state index contributed by atoms with van der Waals surface area (Å²) in [4.78, 5) is 0. The number of aryl methyl sites for hydroxylation is 1. The highest BCUT2D eigenvalue weighted by Gasteiger charge is 2.52. The van der Waals surface area contributed by atoms with E-state index in [1.807, 2.05) is 6.92 Å². The van der Waals surface area contributed by atoms with Gasteiger partial charge in [0, 0.05) is 7.11 Å². The van der Waals surface area contributed by atoms with E-state index in [0.717, 1.165) is 19.6 Å². The number of methoxy groups -OCH3 is 1. The van der Waals surface area contributed by atoms with E-state index < -0.39 is 11.8 Å². The van der Waals surface area contributed by atoms with Crippen LogP contribution in [-0.2, 0) is 10.3 Å². The van der Waals surface area contributed by atoms with Gasteiger partial charge in [-0.3, -0.25) is 0 Å². The molecular formula is C11H13F3O. The highest BCUT2D eigenvalue weighted by Crippen LogP contribution is 2.41. The van der Waals surface area contributed by atoms with Gasteiger partial charge >= 0.3 is 6.18 Å². The quantitative estimate of drug-likeness (QED) is 0.739. The molecule has 1 aromatic carbocycles. The van der Waals surface area contributed by atoms with Gasteiger partial charge in [0.2, 0.25) is 0 Å². The lowest BCUT2D eigenvalue weighted by molar-refractivity contribution is -0.269. The lowest BCUT2D eigenvalue weighted by Gasteiger charge is -2.31. The smallest absolute Gasteiger partial charge is 0.364 e. The molecule has 0 amide bonds. The SMILES string of the molecule is COC(C)(c1ccc(C)cc1)C(F)(F)F. The summed E-state index contributed by atoms with van der Waals surface area (Å²) in [5, 5.41) is 0. The minimum atomic E-state index is -4.42. The van der Waals surface area contributed by atoms with Crippen molar-refractivity contribution in [2.45, 2.75) is 25.6 Å². The normalized spacial score (nSPS) is 16.1. The molecule has 0 radical (unpaired) electrons. The maximum Gasteiger partial charge on any atom is 0.421 e. The van der Waals surface area contributed by atoms with Crippen LogP contribution in [-0.4, -0.2) is 13.3 Å². The van der Waals surface area contributed by atoms with Gasteiger partial charge in [-0.15, -0.1) is 0 Å². The Bertz CT molecular complexity index is 329. The van der Waals surface area contributed by atoms with Crippen LogP contribution >= 0.6 is 0 Å². The largest absolute Gasteiger partial charge is 0.421 e. The van der Waals surface area contributed by atoms with E-state index in [-0.39, 0.29) is 5.56 Å². The van der Waals surface area contributed by atoms with Crippen LogP contribution in [0.3, 0.4) is 0 Å². The lowest BCUT2D eigenvalue weighted by Crippen LogP contribution is -2.41. The van der Waals surface area contributed by atoms with Crippen LogP contribution in [0, 0.1) is 6.92 Å². The van der Waals surface area contributed by atoms with E-state index in [0.29, 0.717) is 0 Å². The minimum absolute atomic E-state index is 0.114. The topological polar surface area (TPSA) is 9.23 Å². The Kier molecular flexibility index (Phi) is 3.09. The Balaban J connectivity index is 3.18. The minimum Gasteiger partial charge on any atom is -0.364 e. The molecule has 1 unspecified atom stereocenters. The number of rotatable bonds is 2. The molecule has 1 rings (SSSR count). The molecule has 0 aliphatic heterocycles. The second-order valence-corrected chi connectivity index (χ2v) is 3.60. The van der Waals surface area contributed by atoms with E-state index in [9.17, 15) is 13.2 Å². The van der Waals surface area contributed by atoms with Crippen molar-refractivity contribution < 1.29 is 17.9 Å². The summed E-state index contributed by atoms with van der Waals surface area (Å²) in [5.41, 5.74) is -1.21. The van der Waals surface area contributed by atoms with Crippen LogP contribution in [0.2, 0.25) is 0 Å². The molecule has 0 aromatic heterocycles. The molecule has 0 aliphatic carbocycles. The number of hydrogen-bond donors (Lipinski definition) is 0. The van der Waals surface area contributed by atoms with Crippen LogP contribution in [0.1, 0.15) is 18.1 Å². The Morgan fingerprint density at radius 3 is 1.87 bits per heavy atom. The Hall–Kier alpha value is -1.03. The monoisotopic (exact) mass is 218 g/mol. The summed E-state index contributed by atoms with van der Waals surface area (Å²) in [6.07, 6.45) is -4.42. The van der Waals surface area contributed by atoms with Crippen molar-refractivity contribution in [2.75, 3.05) is 7.11 Å². The lowest BCUT2D eigenvalue weighted by atomic mass is 9.94. The third-order valence-electron chi connectivity index (χ3n) is 2.55. The zero-order valence-electron chi connectivity index (χ0n) is 8.85. The van der Waals surface area contributed by atoms with Crippen molar-refractivity contribution in [1.29, 1.82) is 0 Å². The van der Waals surface area contributed by atoms with E-state index in [2.05, 4.69) is 4.74 Å². The molecule has 84 valence electrons. The Labute approximate surface area is 86.9 Å². The first-order valence-corrected chi connectivity index (χ1v) is 4.50. The van der Waals surface area contributed by atoms with Crippen molar-refractivity contribution in [3.8, 4) is 0 Å². The maximum atomic E-state index is 12.8. The molecule has 0 bridgehead atoms. The van der Waals surface area contributed by atoms with E-state index in [1.165, 1.54) is 12.1 Å². The number of hydrogen-bond acceptors (Lipinski definition) is 1. The van der Waals surface area contributed by atoms with Crippen LogP contribution in [0.25, 0.3) is 0 Å². The molecule has 0 spiro atoms. The summed E-state index contributed by atoms with van der Waals surface area (Å²) < 4.78 is 42.9. The number of ether oxygens (including phenoxy) is 1. The number of alkyl halides is 3. The molecule has 0 fully saturated rings. The summed E-state index contributed by atoms with van der Waals surface area (Å²) >= 11 is 0. The second-order valence-electron chi connectivity index (χ2n) is 3.60. The van der Waals surface area contributed by atoms with Gasteiger partial charge in [0.25, 0.3) is 0 Å². The molecule has 0 aliphatic rings. The molecule has 0 heterocycles. The average Bonchev–Trinajstić information content (AvgIpc) is 2.16. The van der Waals surface area contributed by atoms with Gasteiger partial charge < -0.3 is 4.74 Å². The maximum absolute atomic E-state index is 12.8. The predicted octanol–water partition coefficient (Wildman–Crippen LogP) is 3.42. The molecule has 15 heavy (non-hydrogen) atoms. The van der Waals surface area contributed by atoms with E-state index in [4.69, 9.17) is 0 Å². The van der Waals surface area contributed by atoms with Gasteiger partial charge in [-0.1, -0.05) is 29.8 Å². The number of benzene rings is 1. The van der Waals surface area contributed by atoms with Gasteiger partial charge in [-0.05, 0) is 19.4 Å². The molecular weight excluding hydrogens is 205 g/mol. The van der Waals surface area contributed by atoms with Crippen molar-refractivity contribution in [2.24, 2.45) is 0 Å². The highest BCUT2D eigenvalue weighted by atomic mass is 19.4. The Morgan fingerprint density at radius 2 is 1.53 bits per heavy atom. The van der Waals surface area contributed by atoms with E-state index in [1.54, 1.807) is 12.1 Å². The molecule has 1 aromatic rings. The van der Waals surface area contributed by atoms with Crippen molar-refractivity contribution >= 4 is 0 Å². The fourth-order valence-corrected chi connectivity index (χ4v) is 1.27. The van der Waals surface area contributed by atoms with Gasteiger partial charge in [-0.25, -0.2) is 0 Å². The fraction of sp³-hybridized carbons (Fsp3) is 0.455. The average molecular weight is 218 g/mol. The molecule has 1 atom stereocenters. The third kappa shape index (κ3) is 2.15. The molecule has 0 saturated carbocycles. The van der Waals surface area contributed by atoms with Crippen molar-refractivity contribution in [3.05, 3.63) is 35.4 Å². The Morgan fingerprint density at radius 1 is 1.07 bits per heavy atom. The van der Waals surface area contributed by atoms with Gasteiger partial charge in [0.1, 0.15) is 0 Å². The predicted molar refractivity (Wildman–Crippen MR) is 51.6 cm³/mol. The second kappa shape index (κ2) is 3.85. The number of halogens is 3. The molecule has 0 N–H and O–H groups in total. The first-order valence-electron chi connectivity index (χ1n) is 4.50. The van der Waals surface area contributed by atoms with Gasteiger partial charge in [0.15, 0.2) is 5.60 Å². The highest BCUT2D eigenvalue weighted by molar-refractivity contribution is 5.27. The van der Waals surface area contributed by atoms with Crippen LogP contribution < -0.4 is 0 Å². The van der Waals surface area contributed by atoms with Crippen LogP contribution in [0.5, 0.6) is 0 Å². The first kappa shape index (κ1) is 12.0. The molecule has 4 heteroatoms. The van der Waals surface area contributed by atoms with Crippen molar-refractivity contribution in [3.63, 3.8) is 0 Å². The standard InChI is InChI=1S/C11H13F3O/c1-8-4-6-9(7-5-8)10(2,15-3)11(12,13)14/h4-7H,1-3H3. The summed E-state index contributed by atoms with van der Waals surface area (Å²) in [6.45, 7) is 2.85. The fourth-order valence-electron chi connectivity index (χ4n) is 1.27. The van der Waals surface area contributed by atoms with Crippen molar-refractivity contribution in [1.82, 2.24) is 0 Å². The van der Waals surface area contributed by atoms with Gasteiger partial charge in [0.05, 0.1) is 0 Å². The van der Waals surface area contributed by atoms with Crippen LogP contribution in [0.15, 0.2) is 24.3 Å². The first-order chi connectivity index (χ1) is 6.81. The van der Waals surface area contributed by atoms with E-state index >= 15 is 0 Å².